The second kappa shape index (κ2) is 3.99. The molecule has 38 valence electrons. The third kappa shape index (κ3) is 4.82. The molecule has 0 heterocycles. The molecule has 1 nitrogen and oxygen atoms in total. The Bertz CT molecular complexity index is 30.0. The summed E-state index contributed by atoms with van der Waals surface area (Å²) in [4.78, 5) is 0. The summed E-state index contributed by atoms with van der Waals surface area (Å²) in [6.07, 6.45) is 0.903. The molecule has 0 aromatic carbocycles. The van der Waals surface area contributed by atoms with Gasteiger partial charge in [-0.3, -0.25) is 0 Å². The summed E-state index contributed by atoms with van der Waals surface area (Å²) in [5, 5.41) is 0. The standard InChI is InChI=1S/C3H10OP2/c1-4-3-6(2)5/h3,5H2,1-2H3. The van der Waals surface area contributed by atoms with E-state index >= 15 is 0 Å². The molecule has 0 rings (SSSR count). The highest BCUT2D eigenvalue weighted by Gasteiger charge is 1.84. The summed E-state index contributed by atoms with van der Waals surface area (Å²) in [5.74, 6) is 0. The molecule has 0 aromatic heterocycles. The lowest BCUT2D eigenvalue weighted by Gasteiger charge is -1.98. The van der Waals surface area contributed by atoms with E-state index in [9.17, 15) is 0 Å². The molecule has 0 radical (unpaired) electrons. The summed E-state index contributed by atoms with van der Waals surface area (Å²) < 4.78 is 4.81. The van der Waals surface area contributed by atoms with Crippen LogP contribution in [0.4, 0.5) is 0 Å². The van der Waals surface area contributed by atoms with E-state index < -0.39 is 0 Å². The fourth-order valence-corrected chi connectivity index (χ4v) is 1.06. The summed E-state index contributed by atoms with van der Waals surface area (Å²) in [7, 11) is 4.54. The summed E-state index contributed by atoms with van der Waals surface area (Å²) in [6, 6.07) is 0. The van der Waals surface area contributed by atoms with Crippen molar-refractivity contribution in [2.75, 3.05) is 20.1 Å². The third-order valence-corrected chi connectivity index (χ3v) is 1.45. The number of methoxy groups -OCH3 is 1. The highest BCUT2D eigenvalue weighted by Crippen LogP contribution is 2.38. The second-order valence-corrected chi connectivity index (χ2v) is 5.59. The average Bonchev–Trinajstić information content (AvgIpc) is 1.35. The van der Waals surface area contributed by atoms with Gasteiger partial charge in [0.25, 0.3) is 0 Å². The van der Waals surface area contributed by atoms with Crippen molar-refractivity contribution in [3.05, 3.63) is 0 Å². The van der Waals surface area contributed by atoms with Crippen LogP contribution in [0.2, 0.25) is 0 Å². The van der Waals surface area contributed by atoms with Gasteiger partial charge in [-0.15, -0.1) is 8.93 Å². The zero-order valence-electron chi connectivity index (χ0n) is 4.14. The summed E-state index contributed by atoms with van der Waals surface area (Å²) in [5.41, 5.74) is 0. The van der Waals surface area contributed by atoms with E-state index in [2.05, 4.69) is 15.6 Å². The molecule has 6 heavy (non-hydrogen) atoms. The van der Waals surface area contributed by atoms with Crippen LogP contribution in [-0.2, 0) is 4.74 Å². The summed E-state index contributed by atoms with van der Waals surface area (Å²) in [6.45, 7) is 2.16. The number of hydrogen-bond acceptors (Lipinski definition) is 1. The van der Waals surface area contributed by atoms with Gasteiger partial charge in [0.05, 0.1) is 6.35 Å². The van der Waals surface area contributed by atoms with Crippen LogP contribution in [0.1, 0.15) is 0 Å². The maximum Gasteiger partial charge on any atom is 0.0688 e. The highest BCUT2D eigenvalue weighted by molar-refractivity contribution is 8.13. The van der Waals surface area contributed by atoms with Crippen molar-refractivity contribution >= 4 is 16.5 Å². The van der Waals surface area contributed by atoms with Gasteiger partial charge in [0.1, 0.15) is 0 Å². The Morgan fingerprint density at radius 2 is 2.33 bits per heavy atom. The zero-order chi connectivity index (χ0) is 4.99. The number of ether oxygens (including phenoxy) is 1. The van der Waals surface area contributed by atoms with Crippen molar-refractivity contribution in [2.45, 2.75) is 0 Å². The molecule has 2 unspecified atom stereocenters. The van der Waals surface area contributed by atoms with E-state index in [0.29, 0.717) is 0 Å². The number of hydrogen-bond donors (Lipinski definition) is 0. The smallest absolute Gasteiger partial charge is 0.0688 e. The van der Waals surface area contributed by atoms with E-state index in [0.717, 1.165) is 6.35 Å². The lowest BCUT2D eigenvalue weighted by Crippen LogP contribution is -1.77. The zero-order valence-corrected chi connectivity index (χ0v) is 6.19. The maximum absolute atomic E-state index is 4.81. The topological polar surface area (TPSA) is 9.23 Å². The van der Waals surface area contributed by atoms with Gasteiger partial charge in [-0.1, -0.05) is 7.61 Å². The Morgan fingerprint density at radius 3 is 2.33 bits per heavy atom. The first-order valence-electron chi connectivity index (χ1n) is 1.72. The van der Waals surface area contributed by atoms with Crippen molar-refractivity contribution in [2.24, 2.45) is 0 Å². The minimum atomic E-state index is 0.0939. The Hall–Kier alpha value is 0.820. The quantitative estimate of drug-likeness (QED) is 0.507. The first kappa shape index (κ1) is 6.82. The minimum Gasteiger partial charge on any atom is -0.380 e. The lowest BCUT2D eigenvalue weighted by molar-refractivity contribution is 0.256. The highest BCUT2D eigenvalue weighted by atomic mass is 32.0. The Labute approximate surface area is 42.3 Å². The molecule has 0 aliphatic rings. The van der Waals surface area contributed by atoms with Crippen LogP contribution in [0.15, 0.2) is 0 Å². The van der Waals surface area contributed by atoms with Gasteiger partial charge < -0.3 is 4.74 Å². The SMILES string of the molecule is COCP(C)P. The van der Waals surface area contributed by atoms with E-state index in [1.54, 1.807) is 7.11 Å². The Kier molecular flexibility index (Phi) is 4.54. The average molecular weight is 124 g/mol. The van der Waals surface area contributed by atoms with E-state index in [4.69, 9.17) is 4.74 Å². The molecular weight excluding hydrogens is 114 g/mol. The Morgan fingerprint density at radius 1 is 1.83 bits per heavy atom. The van der Waals surface area contributed by atoms with Crippen LogP contribution in [-0.4, -0.2) is 20.1 Å². The molecule has 0 fully saturated rings. The molecule has 3 heteroatoms. The van der Waals surface area contributed by atoms with Crippen LogP contribution in [0.3, 0.4) is 0 Å². The van der Waals surface area contributed by atoms with Crippen LogP contribution < -0.4 is 0 Å². The van der Waals surface area contributed by atoms with Crippen molar-refractivity contribution in [1.29, 1.82) is 0 Å². The first-order valence-corrected chi connectivity index (χ1v) is 5.31. The van der Waals surface area contributed by atoms with Crippen LogP contribution in [0.25, 0.3) is 0 Å². The molecule has 0 aromatic rings. The van der Waals surface area contributed by atoms with Gasteiger partial charge in [-0.25, -0.2) is 0 Å². The van der Waals surface area contributed by atoms with Crippen molar-refractivity contribution in [3.63, 3.8) is 0 Å². The Balaban J connectivity index is 2.63. The van der Waals surface area contributed by atoms with Gasteiger partial charge >= 0.3 is 0 Å². The van der Waals surface area contributed by atoms with Gasteiger partial charge in [-0.2, -0.15) is 0 Å². The largest absolute Gasteiger partial charge is 0.380 e. The van der Waals surface area contributed by atoms with Crippen molar-refractivity contribution in [1.82, 2.24) is 0 Å². The van der Waals surface area contributed by atoms with Crippen molar-refractivity contribution in [3.8, 4) is 0 Å². The first-order chi connectivity index (χ1) is 2.77. The van der Waals surface area contributed by atoms with E-state index in [-0.39, 0.29) is 7.61 Å². The van der Waals surface area contributed by atoms with Gasteiger partial charge in [0, 0.05) is 7.11 Å². The normalized spacial score (nSPS) is 14.5. The molecule has 0 saturated heterocycles. The van der Waals surface area contributed by atoms with Gasteiger partial charge in [-0.05, 0) is 6.66 Å². The van der Waals surface area contributed by atoms with Crippen molar-refractivity contribution < 1.29 is 4.74 Å². The molecule has 0 N–H and O–H groups in total. The third-order valence-electron chi connectivity index (χ3n) is 0.333. The van der Waals surface area contributed by atoms with Crippen LogP contribution in [0.5, 0.6) is 0 Å². The molecule has 0 aliphatic heterocycles. The predicted octanol–water partition coefficient (Wildman–Crippen LogP) is 1.49. The van der Waals surface area contributed by atoms with Crippen LogP contribution >= 0.6 is 16.5 Å². The second-order valence-electron chi connectivity index (χ2n) is 1.17. The summed E-state index contributed by atoms with van der Waals surface area (Å²) >= 11 is 0. The van der Waals surface area contributed by atoms with E-state index in [1.807, 2.05) is 0 Å². The number of rotatable bonds is 2. The lowest BCUT2D eigenvalue weighted by atomic mass is 11.5. The van der Waals surface area contributed by atoms with Gasteiger partial charge in [0.2, 0.25) is 0 Å². The molecule has 2 atom stereocenters. The molecule has 0 amide bonds. The van der Waals surface area contributed by atoms with E-state index in [1.165, 1.54) is 0 Å². The fourth-order valence-electron chi connectivity index (χ4n) is 0.204. The predicted molar refractivity (Wildman–Crippen MR) is 34.4 cm³/mol. The van der Waals surface area contributed by atoms with Gasteiger partial charge in [0.15, 0.2) is 0 Å². The molecular formula is C3H10OP2. The molecule has 0 aliphatic carbocycles. The minimum absolute atomic E-state index is 0.0939. The molecule has 0 bridgehead atoms. The van der Waals surface area contributed by atoms with Crippen LogP contribution in [0, 0.1) is 0 Å². The molecule has 0 spiro atoms. The fraction of sp³-hybridized carbons (Fsp3) is 1.00. The molecule has 0 saturated carbocycles. The monoisotopic (exact) mass is 124 g/mol. The maximum atomic E-state index is 4.81.